The second-order valence-corrected chi connectivity index (χ2v) is 8.90. The van der Waals surface area contributed by atoms with Crippen LogP contribution in [-0.4, -0.2) is 42.0 Å². The van der Waals surface area contributed by atoms with Crippen molar-refractivity contribution in [2.24, 2.45) is 0 Å². The van der Waals surface area contributed by atoms with Crippen molar-refractivity contribution in [1.82, 2.24) is 15.2 Å². The molecule has 0 spiro atoms. The molecule has 1 aliphatic rings. The number of hydrogen-bond acceptors (Lipinski definition) is 5. The Bertz CT molecular complexity index is 1520. The zero-order valence-electron chi connectivity index (χ0n) is 19.7. The molecule has 1 aliphatic heterocycles. The van der Waals surface area contributed by atoms with Crippen molar-refractivity contribution < 1.29 is 9.21 Å². The van der Waals surface area contributed by atoms with Gasteiger partial charge in [-0.25, -0.2) is 4.98 Å². The fourth-order valence-electron chi connectivity index (χ4n) is 4.64. The minimum atomic E-state index is -0.252. The van der Waals surface area contributed by atoms with E-state index in [2.05, 4.69) is 38.7 Å². The van der Waals surface area contributed by atoms with Gasteiger partial charge in [0.25, 0.3) is 5.91 Å². The summed E-state index contributed by atoms with van der Waals surface area (Å²) in [7, 11) is 0. The molecule has 0 aliphatic carbocycles. The third kappa shape index (κ3) is 4.97. The maximum Gasteiger partial charge on any atom is 0.274 e. The van der Waals surface area contributed by atoms with Gasteiger partial charge in [0.1, 0.15) is 17.0 Å². The van der Waals surface area contributed by atoms with Crippen LogP contribution in [0.5, 0.6) is 0 Å². The molecular formula is C29H27ClN4O2. The lowest BCUT2D eigenvalue weighted by atomic mass is 10.1. The molecule has 1 saturated heterocycles. The van der Waals surface area contributed by atoms with Crippen LogP contribution in [0.1, 0.15) is 16.1 Å². The largest absolute Gasteiger partial charge is 0.456 e. The van der Waals surface area contributed by atoms with E-state index in [-0.39, 0.29) is 18.3 Å². The average Bonchev–Trinajstić information content (AvgIpc) is 3.32. The fraction of sp³-hybridized carbons (Fsp3) is 0.172. The Kier molecular flexibility index (Phi) is 7.00. The Labute approximate surface area is 215 Å². The van der Waals surface area contributed by atoms with Gasteiger partial charge >= 0.3 is 0 Å². The second kappa shape index (κ2) is 10.5. The molecule has 5 aromatic rings. The van der Waals surface area contributed by atoms with Crippen molar-refractivity contribution in [3.05, 3.63) is 96.2 Å². The Hall–Kier alpha value is -3.71. The number of piperazine rings is 1. The van der Waals surface area contributed by atoms with Gasteiger partial charge in [0, 0.05) is 49.1 Å². The van der Waals surface area contributed by atoms with E-state index in [1.807, 2.05) is 60.7 Å². The van der Waals surface area contributed by atoms with Gasteiger partial charge in [0.2, 0.25) is 0 Å². The summed E-state index contributed by atoms with van der Waals surface area (Å²) >= 11 is 0. The molecule has 0 radical (unpaired) electrons. The first-order valence-corrected chi connectivity index (χ1v) is 11.9. The summed E-state index contributed by atoms with van der Waals surface area (Å²) < 4.78 is 6.19. The summed E-state index contributed by atoms with van der Waals surface area (Å²) in [6.07, 6.45) is 0. The van der Waals surface area contributed by atoms with Crippen LogP contribution in [0.2, 0.25) is 0 Å². The molecule has 1 fully saturated rings. The van der Waals surface area contributed by atoms with Gasteiger partial charge in [-0.3, -0.25) is 9.69 Å². The van der Waals surface area contributed by atoms with E-state index in [0.717, 1.165) is 65.9 Å². The number of fused-ring (bicyclic) bond motifs is 2. The molecule has 0 unspecified atom stereocenters. The van der Waals surface area contributed by atoms with E-state index in [9.17, 15) is 4.79 Å². The average molecular weight is 499 g/mol. The molecule has 3 heterocycles. The predicted molar refractivity (Wildman–Crippen MR) is 147 cm³/mol. The number of anilines is 1. The standard InChI is InChI=1S/C29H26N4O2.ClH/c34-29(26-11-10-21-5-1-3-7-24(21)31-26)32-25-8-4-2-6-23(25)28-18-22-17-20(9-12-27(22)35-28)19-33-15-13-30-14-16-33;/h1-12,17-18,30H,13-16,19H2,(H,32,34);1H. The van der Waals surface area contributed by atoms with Crippen LogP contribution in [-0.2, 0) is 6.54 Å². The highest BCUT2D eigenvalue weighted by Gasteiger charge is 2.16. The van der Waals surface area contributed by atoms with Crippen LogP contribution in [0.3, 0.4) is 0 Å². The second-order valence-electron chi connectivity index (χ2n) is 8.90. The molecule has 6 rings (SSSR count). The molecule has 1 amide bonds. The van der Waals surface area contributed by atoms with E-state index >= 15 is 0 Å². The third-order valence-electron chi connectivity index (χ3n) is 6.47. The predicted octanol–water partition coefficient (Wildman–Crippen LogP) is 5.73. The van der Waals surface area contributed by atoms with Gasteiger partial charge in [-0.15, -0.1) is 12.4 Å². The molecule has 182 valence electrons. The maximum absolute atomic E-state index is 13.0. The van der Waals surface area contributed by atoms with Crippen LogP contribution >= 0.6 is 12.4 Å². The van der Waals surface area contributed by atoms with E-state index < -0.39 is 0 Å². The number of carbonyl (C=O) groups excluding carboxylic acids is 1. The summed E-state index contributed by atoms with van der Waals surface area (Å²) in [5.74, 6) is 0.472. The van der Waals surface area contributed by atoms with Crippen LogP contribution in [0.15, 0.2) is 89.3 Å². The quantitative estimate of drug-likeness (QED) is 0.324. The van der Waals surface area contributed by atoms with E-state index in [4.69, 9.17) is 4.42 Å². The smallest absolute Gasteiger partial charge is 0.274 e. The van der Waals surface area contributed by atoms with Crippen molar-refractivity contribution >= 4 is 45.9 Å². The minimum absolute atomic E-state index is 0. The topological polar surface area (TPSA) is 70.4 Å². The lowest BCUT2D eigenvalue weighted by Gasteiger charge is -2.27. The highest BCUT2D eigenvalue weighted by molar-refractivity contribution is 6.06. The van der Waals surface area contributed by atoms with Gasteiger partial charge in [0.05, 0.1) is 11.2 Å². The fourth-order valence-corrected chi connectivity index (χ4v) is 4.64. The zero-order chi connectivity index (χ0) is 23.6. The maximum atomic E-state index is 13.0. The number of furan rings is 1. The number of amides is 1. The van der Waals surface area contributed by atoms with Gasteiger partial charge in [0.15, 0.2) is 0 Å². The number of hydrogen-bond donors (Lipinski definition) is 2. The number of halogens is 1. The lowest BCUT2D eigenvalue weighted by Crippen LogP contribution is -2.42. The normalized spacial score (nSPS) is 14.0. The van der Waals surface area contributed by atoms with Gasteiger partial charge in [-0.1, -0.05) is 42.5 Å². The summed E-state index contributed by atoms with van der Waals surface area (Å²) in [4.78, 5) is 20.0. The summed E-state index contributed by atoms with van der Waals surface area (Å²) in [6.45, 7) is 5.13. The first-order chi connectivity index (χ1) is 17.2. The van der Waals surface area contributed by atoms with E-state index in [0.29, 0.717) is 11.4 Å². The van der Waals surface area contributed by atoms with Crippen molar-refractivity contribution in [2.45, 2.75) is 6.54 Å². The van der Waals surface area contributed by atoms with Gasteiger partial charge < -0.3 is 15.1 Å². The van der Waals surface area contributed by atoms with Crippen molar-refractivity contribution in [2.75, 3.05) is 31.5 Å². The van der Waals surface area contributed by atoms with Gasteiger partial charge in [-0.2, -0.15) is 0 Å². The molecule has 2 aromatic heterocycles. The Morgan fingerprint density at radius 3 is 2.61 bits per heavy atom. The Morgan fingerprint density at radius 1 is 0.917 bits per heavy atom. The first-order valence-electron chi connectivity index (χ1n) is 11.9. The molecule has 3 aromatic carbocycles. The molecular weight excluding hydrogens is 472 g/mol. The Balaban J connectivity index is 0.00000267. The number of aromatic nitrogens is 1. The molecule has 0 saturated carbocycles. The van der Waals surface area contributed by atoms with Crippen LogP contribution < -0.4 is 10.6 Å². The molecule has 2 N–H and O–H groups in total. The number of nitrogens with zero attached hydrogens (tertiary/aromatic N) is 2. The van der Waals surface area contributed by atoms with E-state index in [1.54, 1.807) is 6.07 Å². The van der Waals surface area contributed by atoms with Gasteiger partial charge in [-0.05, 0) is 48.0 Å². The highest BCUT2D eigenvalue weighted by Crippen LogP contribution is 2.33. The lowest BCUT2D eigenvalue weighted by molar-refractivity contribution is 0.102. The van der Waals surface area contributed by atoms with Crippen molar-refractivity contribution in [3.63, 3.8) is 0 Å². The molecule has 6 nitrogen and oxygen atoms in total. The number of rotatable bonds is 5. The summed E-state index contributed by atoms with van der Waals surface area (Å²) in [5.41, 5.74) is 4.80. The van der Waals surface area contributed by atoms with Crippen LogP contribution in [0.25, 0.3) is 33.2 Å². The van der Waals surface area contributed by atoms with Crippen molar-refractivity contribution in [1.29, 1.82) is 0 Å². The van der Waals surface area contributed by atoms with Crippen LogP contribution in [0.4, 0.5) is 5.69 Å². The number of benzene rings is 3. The summed E-state index contributed by atoms with van der Waals surface area (Å²) in [6, 6.07) is 27.6. The number of carbonyl (C=O) groups is 1. The Morgan fingerprint density at radius 2 is 1.72 bits per heavy atom. The monoisotopic (exact) mass is 498 g/mol. The summed E-state index contributed by atoms with van der Waals surface area (Å²) in [5, 5.41) is 8.49. The number of para-hydroxylation sites is 2. The first kappa shape index (κ1) is 24.0. The molecule has 7 heteroatoms. The number of nitrogens with one attached hydrogen (secondary N) is 2. The molecule has 0 bridgehead atoms. The van der Waals surface area contributed by atoms with Crippen LogP contribution in [0, 0.1) is 0 Å². The number of pyridine rings is 1. The highest BCUT2D eigenvalue weighted by atomic mass is 35.5. The molecule has 36 heavy (non-hydrogen) atoms. The third-order valence-corrected chi connectivity index (χ3v) is 6.47. The SMILES string of the molecule is Cl.O=C(Nc1ccccc1-c1cc2cc(CN3CCNCC3)ccc2o1)c1ccc2ccccc2n1. The minimum Gasteiger partial charge on any atom is -0.456 e. The zero-order valence-corrected chi connectivity index (χ0v) is 20.6. The van der Waals surface area contributed by atoms with E-state index in [1.165, 1.54) is 5.56 Å². The molecule has 0 atom stereocenters. The van der Waals surface area contributed by atoms with Crippen molar-refractivity contribution in [3.8, 4) is 11.3 Å².